The maximum atomic E-state index is 12.4. The number of fused-ring (bicyclic) bond motifs is 1. The fraction of sp³-hybridized carbons (Fsp3) is 0.294. The maximum Gasteiger partial charge on any atom is 0.227 e. The number of pyridine rings is 1. The molecule has 0 bridgehead atoms. The Hall–Kier alpha value is -3.16. The Morgan fingerprint density at radius 3 is 3.08 bits per heavy atom. The van der Waals surface area contributed by atoms with Crippen LogP contribution in [0.1, 0.15) is 17.8 Å². The van der Waals surface area contributed by atoms with Crippen LogP contribution in [0.15, 0.2) is 36.8 Å². The molecule has 3 aromatic rings. The highest BCUT2D eigenvalue weighted by atomic mass is 16.2. The predicted octanol–water partition coefficient (Wildman–Crippen LogP) is 1.04. The van der Waals surface area contributed by atoms with Gasteiger partial charge in [0.15, 0.2) is 0 Å². The van der Waals surface area contributed by atoms with Crippen molar-refractivity contribution in [2.75, 3.05) is 11.4 Å². The normalized spacial score (nSPS) is 17.4. The molecule has 2 N–H and O–H groups in total. The maximum absolute atomic E-state index is 12.4. The molecule has 0 spiro atoms. The Kier molecular flexibility index (Phi) is 3.72. The molecule has 25 heavy (non-hydrogen) atoms. The van der Waals surface area contributed by atoms with Crippen LogP contribution < -0.4 is 10.2 Å². The summed E-state index contributed by atoms with van der Waals surface area (Å²) >= 11 is 0. The third kappa shape index (κ3) is 2.86. The SMILES string of the molecule is Cc1cccc2nc(CNC(=O)[C@H]3CC(=O)N(c4cn[nH]c4)C3)cn12. The number of aromatic amines is 1. The van der Waals surface area contributed by atoms with Crippen molar-refractivity contribution in [3.05, 3.63) is 48.2 Å². The number of hydrogen-bond acceptors (Lipinski definition) is 4. The summed E-state index contributed by atoms with van der Waals surface area (Å²) in [6.07, 6.45) is 5.36. The standard InChI is InChI=1S/C17H18N6O2/c1-11-3-2-4-15-21-13(10-22(11)15)6-18-17(25)12-5-16(24)23(9-12)14-7-19-20-8-14/h2-4,7-8,10,12H,5-6,9H2,1H3,(H,18,25)(H,19,20)/t12-/m0/s1. The monoisotopic (exact) mass is 338 g/mol. The summed E-state index contributed by atoms with van der Waals surface area (Å²) in [5.41, 5.74) is 3.42. The molecule has 2 amide bonds. The van der Waals surface area contributed by atoms with Gasteiger partial charge in [-0.25, -0.2) is 4.98 Å². The van der Waals surface area contributed by atoms with Gasteiger partial charge in [0.1, 0.15) is 5.65 Å². The highest BCUT2D eigenvalue weighted by molar-refractivity contribution is 6.00. The van der Waals surface area contributed by atoms with Gasteiger partial charge in [-0.15, -0.1) is 0 Å². The molecule has 0 radical (unpaired) electrons. The van der Waals surface area contributed by atoms with E-state index in [1.54, 1.807) is 17.3 Å². The second-order valence-corrected chi connectivity index (χ2v) is 6.21. The van der Waals surface area contributed by atoms with Crippen molar-refractivity contribution in [2.24, 2.45) is 5.92 Å². The lowest BCUT2D eigenvalue weighted by molar-refractivity contribution is -0.126. The van der Waals surface area contributed by atoms with Crippen molar-refractivity contribution in [1.82, 2.24) is 24.9 Å². The Morgan fingerprint density at radius 2 is 2.32 bits per heavy atom. The fourth-order valence-corrected chi connectivity index (χ4v) is 3.13. The first-order chi connectivity index (χ1) is 12.1. The number of nitrogens with zero attached hydrogens (tertiary/aromatic N) is 4. The number of hydrogen-bond donors (Lipinski definition) is 2. The summed E-state index contributed by atoms with van der Waals surface area (Å²) in [7, 11) is 0. The van der Waals surface area contributed by atoms with Gasteiger partial charge >= 0.3 is 0 Å². The highest BCUT2D eigenvalue weighted by Gasteiger charge is 2.35. The van der Waals surface area contributed by atoms with Crippen LogP contribution in [0.5, 0.6) is 0 Å². The minimum atomic E-state index is -0.360. The van der Waals surface area contributed by atoms with E-state index >= 15 is 0 Å². The van der Waals surface area contributed by atoms with Gasteiger partial charge in [-0.3, -0.25) is 14.7 Å². The lowest BCUT2D eigenvalue weighted by atomic mass is 10.1. The molecule has 8 heteroatoms. The number of rotatable bonds is 4. The minimum absolute atomic E-state index is 0.0649. The van der Waals surface area contributed by atoms with Crippen molar-refractivity contribution in [1.29, 1.82) is 0 Å². The van der Waals surface area contributed by atoms with Crippen molar-refractivity contribution < 1.29 is 9.59 Å². The summed E-state index contributed by atoms with van der Waals surface area (Å²) in [6, 6.07) is 5.89. The molecule has 0 saturated carbocycles. The van der Waals surface area contributed by atoms with E-state index in [4.69, 9.17) is 0 Å². The predicted molar refractivity (Wildman–Crippen MR) is 90.8 cm³/mol. The molecule has 3 aromatic heterocycles. The number of carbonyl (C=O) groups excluding carboxylic acids is 2. The third-order valence-corrected chi connectivity index (χ3v) is 4.48. The Balaban J connectivity index is 1.40. The van der Waals surface area contributed by atoms with Crippen LogP contribution in [0, 0.1) is 12.8 Å². The van der Waals surface area contributed by atoms with Crippen molar-refractivity contribution in [3.63, 3.8) is 0 Å². The van der Waals surface area contributed by atoms with E-state index in [1.807, 2.05) is 35.7 Å². The van der Waals surface area contributed by atoms with Gasteiger partial charge in [-0.05, 0) is 19.1 Å². The third-order valence-electron chi connectivity index (χ3n) is 4.48. The van der Waals surface area contributed by atoms with Gasteiger partial charge in [0.25, 0.3) is 0 Å². The zero-order chi connectivity index (χ0) is 17.4. The molecule has 1 saturated heterocycles. The highest BCUT2D eigenvalue weighted by Crippen LogP contribution is 2.24. The van der Waals surface area contributed by atoms with Gasteiger partial charge < -0.3 is 14.6 Å². The zero-order valence-corrected chi connectivity index (χ0v) is 13.8. The van der Waals surface area contributed by atoms with Gasteiger partial charge in [0, 0.05) is 31.1 Å². The summed E-state index contributed by atoms with van der Waals surface area (Å²) in [5, 5.41) is 9.42. The van der Waals surface area contributed by atoms with Gasteiger partial charge in [-0.2, -0.15) is 5.10 Å². The molecule has 4 rings (SSSR count). The second kappa shape index (κ2) is 6.04. The molecule has 1 aliphatic rings. The zero-order valence-electron chi connectivity index (χ0n) is 13.8. The van der Waals surface area contributed by atoms with Crippen LogP contribution in [0.2, 0.25) is 0 Å². The first-order valence-electron chi connectivity index (χ1n) is 8.12. The molecule has 1 fully saturated rings. The summed E-state index contributed by atoms with van der Waals surface area (Å²) in [5.74, 6) is -0.556. The molecule has 128 valence electrons. The Morgan fingerprint density at radius 1 is 1.44 bits per heavy atom. The van der Waals surface area contributed by atoms with Crippen LogP contribution in [-0.4, -0.2) is 37.9 Å². The molecule has 0 aliphatic carbocycles. The van der Waals surface area contributed by atoms with E-state index < -0.39 is 0 Å². The number of aryl methyl sites for hydroxylation is 1. The topological polar surface area (TPSA) is 95.4 Å². The van der Waals surface area contributed by atoms with Crippen LogP contribution in [0.3, 0.4) is 0 Å². The van der Waals surface area contributed by atoms with Crippen LogP contribution >= 0.6 is 0 Å². The van der Waals surface area contributed by atoms with Gasteiger partial charge in [0.2, 0.25) is 11.8 Å². The summed E-state index contributed by atoms with van der Waals surface area (Å²) < 4.78 is 1.99. The number of anilines is 1. The smallest absolute Gasteiger partial charge is 0.227 e. The van der Waals surface area contributed by atoms with Gasteiger partial charge in [-0.1, -0.05) is 6.07 Å². The average Bonchev–Trinajstić information content (AvgIpc) is 3.31. The molecule has 1 atom stereocenters. The van der Waals surface area contributed by atoms with E-state index in [0.717, 1.165) is 17.0 Å². The number of nitrogens with one attached hydrogen (secondary N) is 2. The first-order valence-corrected chi connectivity index (χ1v) is 8.12. The van der Waals surface area contributed by atoms with Crippen molar-refractivity contribution in [3.8, 4) is 0 Å². The number of carbonyl (C=O) groups is 2. The fourth-order valence-electron chi connectivity index (χ4n) is 3.13. The van der Waals surface area contributed by atoms with Gasteiger partial charge in [0.05, 0.1) is 30.0 Å². The minimum Gasteiger partial charge on any atom is -0.350 e. The Labute approximate surface area is 143 Å². The van der Waals surface area contributed by atoms with E-state index in [0.29, 0.717) is 18.8 Å². The van der Waals surface area contributed by atoms with E-state index in [1.165, 1.54) is 0 Å². The number of H-pyrrole nitrogens is 1. The van der Waals surface area contributed by atoms with E-state index in [2.05, 4.69) is 20.5 Å². The van der Waals surface area contributed by atoms with Crippen molar-refractivity contribution in [2.45, 2.75) is 19.9 Å². The van der Waals surface area contributed by atoms with Crippen LogP contribution in [0.25, 0.3) is 5.65 Å². The number of imidazole rings is 1. The van der Waals surface area contributed by atoms with E-state index in [9.17, 15) is 9.59 Å². The van der Waals surface area contributed by atoms with E-state index in [-0.39, 0.29) is 24.2 Å². The second-order valence-electron chi connectivity index (χ2n) is 6.21. The Bertz CT molecular complexity index is 930. The lowest BCUT2D eigenvalue weighted by Gasteiger charge is -2.13. The molecular formula is C17H18N6O2. The van der Waals surface area contributed by atoms with Crippen LogP contribution in [-0.2, 0) is 16.1 Å². The summed E-state index contributed by atoms with van der Waals surface area (Å²) in [6.45, 7) is 2.72. The largest absolute Gasteiger partial charge is 0.350 e. The quantitative estimate of drug-likeness (QED) is 0.743. The van der Waals surface area contributed by atoms with Crippen LogP contribution in [0.4, 0.5) is 5.69 Å². The first kappa shape index (κ1) is 15.4. The van der Waals surface area contributed by atoms with Crippen molar-refractivity contribution >= 4 is 23.1 Å². The summed E-state index contributed by atoms with van der Waals surface area (Å²) in [4.78, 5) is 30.6. The lowest BCUT2D eigenvalue weighted by Crippen LogP contribution is -2.32. The average molecular weight is 338 g/mol. The molecule has 0 unspecified atom stereocenters. The number of aromatic nitrogens is 4. The number of amides is 2. The molecular weight excluding hydrogens is 320 g/mol. The molecule has 8 nitrogen and oxygen atoms in total. The molecule has 0 aromatic carbocycles. The molecule has 1 aliphatic heterocycles. The molecule has 4 heterocycles.